The van der Waals surface area contributed by atoms with Gasteiger partial charge >= 0.3 is 0 Å². The average molecular weight is 295 g/mol. The maximum absolute atomic E-state index is 11.6. The molecule has 4 heteroatoms. The van der Waals surface area contributed by atoms with Gasteiger partial charge in [0.25, 0.3) is 0 Å². The van der Waals surface area contributed by atoms with Crippen molar-refractivity contribution >= 4 is 29.0 Å². The third-order valence-corrected chi connectivity index (χ3v) is 2.99. The molecule has 0 saturated carbocycles. The second kappa shape index (κ2) is 6.09. The molecule has 2 aromatic carbocycles. The van der Waals surface area contributed by atoms with Crippen molar-refractivity contribution in [2.24, 2.45) is 0 Å². The lowest BCUT2D eigenvalue weighted by Crippen LogP contribution is -1.96. The highest BCUT2D eigenvalue weighted by Crippen LogP contribution is 2.28. The Labute approximate surface area is 121 Å². The zero-order valence-corrected chi connectivity index (χ0v) is 11.8. The van der Waals surface area contributed by atoms with Gasteiger partial charge < -0.3 is 4.74 Å². The summed E-state index contributed by atoms with van der Waals surface area (Å²) in [7, 11) is 0. The molecule has 0 bridgehead atoms. The van der Waals surface area contributed by atoms with Gasteiger partial charge in [-0.1, -0.05) is 42.3 Å². The lowest BCUT2D eigenvalue weighted by molar-refractivity contribution is 0.0988. The summed E-state index contributed by atoms with van der Waals surface area (Å²) in [4.78, 5) is 11.6. The first-order valence-electron chi connectivity index (χ1n) is 5.85. The molecule has 0 radical (unpaired) electrons. The van der Waals surface area contributed by atoms with Gasteiger partial charge in [0.15, 0.2) is 5.78 Å². The van der Waals surface area contributed by atoms with Crippen molar-refractivity contribution in [3.63, 3.8) is 0 Å². The van der Waals surface area contributed by atoms with Crippen LogP contribution in [-0.4, -0.2) is 5.78 Å². The molecule has 0 N–H and O–H groups in total. The minimum Gasteiger partial charge on any atom is -0.457 e. The summed E-state index contributed by atoms with van der Waals surface area (Å²) in [6.45, 7) is 1.83. The summed E-state index contributed by atoms with van der Waals surface area (Å²) in [6, 6.07) is 12.0. The molecular formula is C15H12Cl2O2. The SMILES string of the molecule is CCC(=O)c1cccc(Oc2cc(Cl)cc(Cl)c2)c1. The summed E-state index contributed by atoms with van der Waals surface area (Å²) in [5.74, 6) is 1.20. The van der Waals surface area contributed by atoms with E-state index in [1.54, 1.807) is 42.5 Å². The predicted octanol–water partition coefficient (Wildman–Crippen LogP) is 5.38. The third-order valence-electron chi connectivity index (χ3n) is 2.55. The Morgan fingerprint density at radius 3 is 2.37 bits per heavy atom. The molecule has 0 aromatic heterocycles. The molecule has 0 aliphatic carbocycles. The van der Waals surface area contributed by atoms with Gasteiger partial charge in [-0.05, 0) is 30.3 Å². The lowest BCUT2D eigenvalue weighted by atomic mass is 10.1. The van der Waals surface area contributed by atoms with E-state index >= 15 is 0 Å². The van der Waals surface area contributed by atoms with Crippen molar-refractivity contribution in [3.8, 4) is 11.5 Å². The summed E-state index contributed by atoms with van der Waals surface area (Å²) >= 11 is 11.8. The van der Waals surface area contributed by atoms with Crippen molar-refractivity contribution in [3.05, 3.63) is 58.1 Å². The van der Waals surface area contributed by atoms with Crippen LogP contribution >= 0.6 is 23.2 Å². The Morgan fingerprint density at radius 1 is 1.05 bits per heavy atom. The highest BCUT2D eigenvalue weighted by Gasteiger charge is 2.06. The molecule has 0 spiro atoms. The normalized spacial score (nSPS) is 10.3. The minimum atomic E-state index is 0.0783. The fourth-order valence-electron chi connectivity index (χ4n) is 1.66. The number of carbonyl (C=O) groups is 1. The topological polar surface area (TPSA) is 26.3 Å². The van der Waals surface area contributed by atoms with Crippen molar-refractivity contribution < 1.29 is 9.53 Å². The van der Waals surface area contributed by atoms with E-state index in [9.17, 15) is 4.79 Å². The largest absolute Gasteiger partial charge is 0.457 e. The molecule has 0 saturated heterocycles. The second-order valence-electron chi connectivity index (χ2n) is 4.01. The quantitative estimate of drug-likeness (QED) is 0.708. The summed E-state index contributed by atoms with van der Waals surface area (Å²) < 4.78 is 5.65. The summed E-state index contributed by atoms with van der Waals surface area (Å²) in [6.07, 6.45) is 0.465. The van der Waals surface area contributed by atoms with E-state index < -0.39 is 0 Å². The zero-order chi connectivity index (χ0) is 13.8. The fourth-order valence-corrected chi connectivity index (χ4v) is 2.17. The number of benzene rings is 2. The first kappa shape index (κ1) is 13.9. The van der Waals surface area contributed by atoms with E-state index in [1.165, 1.54) is 0 Å². The Morgan fingerprint density at radius 2 is 1.74 bits per heavy atom. The summed E-state index contributed by atoms with van der Waals surface area (Å²) in [5.41, 5.74) is 0.633. The number of hydrogen-bond donors (Lipinski definition) is 0. The standard InChI is InChI=1S/C15H12Cl2O2/c1-2-15(18)10-4-3-5-13(6-10)19-14-8-11(16)7-12(17)9-14/h3-9H,2H2,1H3. The molecule has 0 aliphatic rings. The number of hydrogen-bond acceptors (Lipinski definition) is 2. The van der Waals surface area contributed by atoms with Crippen LogP contribution in [0.4, 0.5) is 0 Å². The van der Waals surface area contributed by atoms with Crippen LogP contribution < -0.4 is 4.74 Å². The number of rotatable bonds is 4. The van der Waals surface area contributed by atoms with Crippen molar-refractivity contribution in [2.75, 3.05) is 0 Å². The fraction of sp³-hybridized carbons (Fsp3) is 0.133. The van der Waals surface area contributed by atoms with Gasteiger partial charge in [0.2, 0.25) is 0 Å². The molecule has 0 aliphatic heterocycles. The van der Waals surface area contributed by atoms with Gasteiger partial charge in [-0.3, -0.25) is 4.79 Å². The second-order valence-corrected chi connectivity index (χ2v) is 4.88. The van der Waals surface area contributed by atoms with Crippen LogP contribution in [0, 0.1) is 0 Å². The van der Waals surface area contributed by atoms with E-state index in [2.05, 4.69) is 0 Å². The van der Waals surface area contributed by atoms with E-state index in [-0.39, 0.29) is 5.78 Å². The molecule has 2 rings (SSSR count). The van der Waals surface area contributed by atoms with Gasteiger partial charge in [0.1, 0.15) is 11.5 Å². The zero-order valence-electron chi connectivity index (χ0n) is 10.3. The first-order chi connectivity index (χ1) is 9.08. The number of halogens is 2. The predicted molar refractivity (Wildman–Crippen MR) is 77.6 cm³/mol. The van der Waals surface area contributed by atoms with Crippen LogP contribution in [0.25, 0.3) is 0 Å². The van der Waals surface area contributed by atoms with E-state index in [0.29, 0.717) is 33.5 Å². The first-order valence-corrected chi connectivity index (χ1v) is 6.61. The number of ether oxygens (including phenoxy) is 1. The number of ketones is 1. The van der Waals surface area contributed by atoms with Crippen LogP contribution in [0.5, 0.6) is 11.5 Å². The molecule has 19 heavy (non-hydrogen) atoms. The Balaban J connectivity index is 2.25. The summed E-state index contributed by atoms with van der Waals surface area (Å²) in [5, 5.41) is 1.01. The molecular weight excluding hydrogens is 283 g/mol. The van der Waals surface area contributed by atoms with E-state index in [4.69, 9.17) is 27.9 Å². The van der Waals surface area contributed by atoms with Gasteiger partial charge in [0.05, 0.1) is 0 Å². The van der Waals surface area contributed by atoms with Crippen LogP contribution in [0.15, 0.2) is 42.5 Å². The molecule has 0 fully saturated rings. The highest BCUT2D eigenvalue weighted by molar-refractivity contribution is 6.34. The van der Waals surface area contributed by atoms with Crippen LogP contribution in [0.2, 0.25) is 10.0 Å². The van der Waals surface area contributed by atoms with Crippen LogP contribution in [0.1, 0.15) is 23.7 Å². The van der Waals surface area contributed by atoms with Crippen LogP contribution in [0.3, 0.4) is 0 Å². The van der Waals surface area contributed by atoms with Crippen molar-refractivity contribution in [2.45, 2.75) is 13.3 Å². The molecule has 0 unspecified atom stereocenters. The molecule has 98 valence electrons. The third kappa shape index (κ3) is 3.72. The Bertz CT molecular complexity index is 589. The monoisotopic (exact) mass is 294 g/mol. The van der Waals surface area contributed by atoms with Gasteiger partial charge in [-0.2, -0.15) is 0 Å². The maximum atomic E-state index is 11.6. The number of carbonyl (C=O) groups excluding carboxylic acids is 1. The lowest BCUT2D eigenvalue weighted by Gasteiger charge is -2.08. The van der Waals surface area contributed by atoms with E-state index in [0.717, 1.165) is 0 Å². The molecule has 0 heterocycles. The van der Waals surface area contributed by atoms with Crippen LogP contribution in [-0.2, 0) is 0 Å². The van der Waals surface area contributed by atoms with E-state index in [1.807, 2.05) is 6.92 Å². The van der Waals surface area contributed by atoms with Gasteiger partial charge in [-0.15, -0.1) is 0 Å². The Hall–Kier alpha value is -1.51. The van der Waals surface area contributed by atoms with Gasteiger partial charge in [-0.25, -0.2) is 0 Å². The average Bonchev–Trinajstić information content (AvgIpc) is 2.37. The Kier molecular flexibility index (Phi) is 4.46. The molecule has 0 atom stereocenters. The molecule has 2 nitrogen and oxygen atoms in total. The molecule has 2 aromatic rings. The number of Topliss-reactive ketones (excluding diaryl/α,β-unsaturated/α-hetero) is 1. The van der Waals surface area contributed by atoms with Crippen molar-refractivity contribution in [1.29, 1.82) is 0 Å². The molecule has 0 amide bonds. The minimum absolute atomic E-state index is 0.0783. The maximum Gasteiger partial charge on any atom is 0.162 e. The van der Waals surface area contributed by atoms with Gasteiger partial charge in [0, 0.05) is 22.0 Å². The smallest absolute Gasteiger partial charge is 0.162 e. The highest BCUT2D eigenvalue weighted by atomic mass is 35.5. The van der Waals surface area contributed by atoms with Crippen molar-refractivity contribution in [1.82, 2.24) is 0 Å².